The summed E-state index contributed by atoms with van der Waals surface area (Å²) in [5.41, 5.74) is 0.376. The number of ether oxygens (including phenoxy) is 1. The molecule has 0 aromatic heterocycles. The molecule has 2 rings (SSSR count). The number of sulfonamides is 1. The number of amides is 2. The number of nitrogens with one attached hydrogen (secondary N) is 2. The third-order valence-corrected chi connectivity index (χ3v) is 6.50. The first-order valence-electron chi connectivity index (χ1n) is 9.80. The van der Waals surface area contributed by atoms with Crippen LogP contribution in [0.4, 0.5) is 0 Å². The van der Waals surface area contributed by atoms with Gasteiger partial charge in [0, 0.05) is 19.6 Å². The lowest BCUT2D eigenvalue weighted by atomic mass is 9.97. The standard InChI is InChI=1S/C20H31N3O5S/c1-14(2)18(22-19(24)16-7-5-6-8-17(16)28-3)20(25)21-13-15-9-11-23(12-10-15)29(4,26)27/h5-8,14-15,18H,9-13H2,1-4H3,(H,21,25)(H,22,24). The molecule has 1 fully saturated rings. The monoisotopic (exact) mass is 425 g/mol. The molecule has 0 aliphatic carbocycles. The van der Waals surface area contributed by atoms with Gasteiger partial charge < -0.3 is 15.4 Å². The maximum atomic E-state index is 12.7. The number of methoxy groups -OCH3 is 1. The fourth-order valence-corrected chi connectivity index (χ4v) is 4.26. The highest BCUT2D eigenvalue weighted by Gasteiger charge is 2.28. The molecule has 0 radical (unpaired) electrons. The third-order valence-electron chi connectivity index (χ3n) is 5.19. The first kappa shape index (κ1) is 23.2. The fourth-order valence-electron chi connectivity index (χ4n) is 3.39. The van der Waals surface area contributed by atoms with Gasteiger partial charge in [-0.2, -0.15) is 0 Å². The molecule has 1 aromatic carbocycles. The molecule has 0 spiro atoms. The van der Waals surface area contributed by atoms with Gasteiger partial charge in [-0.1, -0.05) is 26.0 Å². The lowest BCUT2D eigenvalue weighted by Gasteiger charge is -2.31. The van der Waals surface area contributed by atoms with Crippen LogP contribution in [-0.2, 0) is 14.8 Å². The van der Waals surface area contributed by atoms with Gasteiger partial charge in [0.15, 0.2) is 0 Å². The van der Waals surface area contributed by atoms with Gasteiger partial charge in [-0.25, -0.2) is 12.7 Å². The molecule has 8 nitrogen and oxygen atoms in total. The van der Waals surface area contributed by atoms with Crippen molar-refractivity contribution in [3.63, 3.8) is 0 Å². The van der Waals surface area contributed by atoms with Crippen LogP contribution in [0.3, 0.4) is 0 Å². The van der Waals surface area contributed by atoms with E-state index in [1.807, 2.05) is 13.8 Å². The molecule has 1 aliphatic rings. The number of piperidine rings is 1. The second-order valence-corrected chi connectivity index (χ2v) is 9.73. The number of hydrogen-bond acceptors (Lipinski definition) is 5. The zero-order chi connectivity index (χ0) is 21.6. The predicted octanol–water partition coefficient (Wildman–Crippen LogP) is 1.24. The zero-order valence-electron chi connectivity index (χ0n) is 17.5. The average molecular weight is 426 g/mol. The van der Waals surface area contributed by atoms with E-state index in [0.717, 1.165) is 0 Å². The Morgan fingerprint density at radius 2 is 1.83 bits per heavy atom. The van der Waals surface area contributed by atoms with Gasteiger partial charge in [0.25, 0.3) is 5.91 Å². The van der Waals surface area contributed by atoms with Crippen molar-refractivity contribution in [3.05, 3.63) is 29.8 Å². The fraction of sp³-hybridized carbons (Fsp3) is 0.600. The molecule has 1 saturated heterocycles. The minimum atomic E-state index is -3.16. The van der Waals surface area contributed by atoms with E-state index in [1.165, 1.54) is 17.7 Å². The number of carbonyl (C=O) groups excluding carboxylic acids is 2. The quantitative estimate of drug-likeness (QED) is 0.652. The van der Waals surface area contributed by atoms with E-state index in [0.29, 0.717) is 43.8 Å². The zero-order valence-corrected chi connectivity index (χ0v) is 18.3. The number of para-hydroxylation sites is 1. The SMILES string of the molecule is COc1ccccc1C(=O)NC(C(=O)NCC1CCN(S(C)(=O)=O)CC1)C(C)C. The van der Waals surface area contributed by atoms with Gasteiger partial charge in [0.05, 0.1) is 18.9 Å². The van der Waals surface area contributed by atoms with Crippen molar-refractivity contribution in [2.75, 3.05) is 33.0 Å². The van der Waals surface area contributed by atoms with Crippen molar-refractivity contribution in [2.24, 2.45) is 11.8 Å². The molecule has 9 heteroatoms. The van der Waals surface area contributed by atoms with Gasteiger partial charge in [-0.05, 0) is 36.8 Å². The van der Waals surface area contributed by atoms with Gasteiger partial charge in [-0.3, -0.25) is 9.59 Å². The number of nitrogens with zero attached hydrogens (tertiary/aromatic N) is 1. The molecule has 1 heterocycles. The highest BCUT2D eigenvalue weighted by Crippen LogP contribution is 2.19. The van der Waals surface area contributed by atoms with Crippen molar-refractivity contribution in [2.45, 2.75) is 32.7 Å². The summed E-state index contributed by atoms with van der Waals surface area (Å²) in [5, 5.41) is 5.72. The summed E-state index contributed by atoms with van der Waals surface area (Å²) in [5.74, 6) is -0.0347. The Morgan fingerprint density at radius 1 is 1.21 bits per heavy atom. The van der Waals surface area contributed by atoms with Gasteiger partial charge >= 0.3 is 0 Å². The summed E-state index contributed by atoms with van der Waals surface area (Å²) in [7, 11) is -1.67. The van der Waals surface area contributed by atoms with Crippen LogP contribution in [0.1, 0.15) is 37.0 Å². The van der Waals surface area contributed by atoms with Gasteiger partial charge in [0.2, 0.25) is 15.9 Å². The van der Waals surface area contributed by atoms with Crippen LogP contribution in [0.15, 0.2) is 24.3 Å². The minimum Gasteiger partial charge on any atom is -0.496 e. The Bertz CT molecular complexity index is 817. The summed E-state index contributed by atoms with van der Waals surface area (Å²) in [6.45, 7) is 5.15. The minimum absolute atomic E-state index is 0.0965. The Morgan fingerprint density at radius 3 is 2.38 bits per heavy atom. The van der Waals surface area contributed by atoms with Crippen LogP contribution in [0.2, 0.25) is 0 Å². The van der Waals surface area contributed by atoms with Crippen LogP contribution in [0, 0.1) is 11.8 Å². The van der Waals surface area contributed by atoms with Crippen LogP contribution in [0.5, 0.6) is 5.75 Å². The van der Waals surface area contributed by atoms with E-state index >= 15 is 0 Å². The maximum absolute atomic E-state index is 12.7. The molecule has 0 bridgehead atoms. The molecule has 2 N–H and O–H groups in total. The van der Waals surface area contributed by atoms with Crippen LogP contribution in [0.25, 0.3) is 0 Å². The number of rotatable bonds is 8. The summed E-state index contributed by atoms with van der Waals surface area (Å²) >= 11 is 0. The lowest BCUT2D eigenvalue weighted by molar-refractivity contribution is -0.124. The normalized spacial score (nSPS) is 17.0. The van der Waals surface area contributed by atoms with E-state index in [1.54, 1.807) is 24.3 Å². The van der Waals surface area contributed by atoms with Crippen molar-refractivity contribution in [1.82, 2.24) is 14.9 Å². The van der Waals surface area contributed by atoms with E-state index in [4.69, 9.17) is 4.74 Å². The van der Waals surface area contributed by atoms with E-state index in [-0.39, 0.29) is 23.7 Å². The Labute approximate surface area is 173 Å². The third kappa shape index (κ3) is 6.43. The Balaban J connectivity index is 1.92. The molecule has 0 saturated carbocycles. The summed E-state index contributed by atoms with van der Waals surface area (Å²) in [4.78, 5) is 25.4. The van der Waals surface area contributed by atoms with Crippen molar-refractivity contribution in [3.8, 4) is 5.75 Å². The predicted molar refractivity (Wildman–Crippen MR) is 111 cm³/mol. The van der Waals surface area contributed by atoms with Gasteiger partial charge in [0.1, 0.15) is 11.8 Å². The summed E-state index contributed by atoms with van der Waals surface area (Å²) in [6.07, 6.45) is 2.62. The molecule has 2 amide bonds. The first-order chi connectivity index (χ1) is 13.6. The molecular weight excluding hydrogens is 394 g/mol. The maximum Gasteiger partial charge on any atom is 0.255 e. The lowest BCUT2D eigenvalue weighted by Crippen LogP contribution is -2.51. The molecule has 29 heavy (non-hydrogen) atoms. The van der Waals surface area contributed by atoms with Crippen molar-refractivity contribution < 1.29 is 22.7 Å². The van der Waals surface area contributed by atoms with E-state index < -0.39 is 16.1 Å². The number of benzene rings is 1. The number of carbonyl (C=O) groups is 2. The molecular formula is C20H31N3O5S. The van der Waals surface area contributed by atoms with Crippen molar-refractivity contribution >= 4 is 21.8 Å². The molecule has 1 unspecified atom stereocenters. The van der Waals surface area contributed by atoms with Gasteiger partial charge in [-0.15, -0.1) is 0 Å². The highest BCUT2D eigenvalue weighted by molar-refractivity contribution is 7.88. The topological polar surface area (TPSA) is 105 Å². The summed E-state index contributed by atoms with van der Waals surface area (Å²) in [6, 6.07) is 6.19. The van der Waals surface area contributed by atoms with Crippen LogP contribution in [-0.4, -0.2) is 63.6 Å². The molecule has 1 aliphatic heterocycles. The average Bonchev–Trinajstić information content (AvgIpc) is 2.69. The van der Waals surface area contributed by atoms with E-state index in [9.17, 15) is 18.0 Å². The second-order valence-electron chi connectivity index (χ2n) is 7.75. The van der Waals surface area contributed by atoms with E-state index in [2.05, 4.69) is 10.6 Å². The Kier molecular flexibility index (Phi) is 8.04. The molecule has 162 valence electrons. The first-order valence-corrected chi connectivity index (χ1v) is 11.6. The molecule has 1 aromatic rings. The largest absolute Gasteiger partial charge is 0.496 e. The molecule has 1 atom stereocenters. The smallest absolute Gasteiger partial charge is 0.255 e. The van der Waals surface area contributed by atoms with Crippen LogP contribution < -0.4 is 15.4 Å². The second kappa shape index (κ2) is 10.1. The van der Waals surface area contributed by atoms with Crippen molar-refractivity contribution in [1.29, 1.82) is 0 Å². The van der Waals surface area contributed by atoms with Crippen LogP contribution >= 0.6 is 0 Å². The highest BCUT2D eigenvalue weighted by atomic mass is 32.2. The summed E-state index contributed by atoms with van der Waals surface area (Å²) < 4.78 is 29.9. The number of hydrogen-bond donors (Lipinski definition) is 2. The Hall–Kier alpha value is -2.13.